The molecule has 0 aliphatic heterocycles. The van der Waals surface area contributed by atoms with Gasteiger partial charge in [-0.2, -0.15) is 0 Å². The second-order valence-electron chi connectivity index (χ2n) is 5.31. The van der Waals surface area contributed by atoms with Crippen molar-refractivity contribution in [3.8, 4) is 0 Å². The second-order valence-corrected chi connectivity index (χ2v) is 5.31. The first-order valence-electron chi connectivity index (χ1n) is 5.84. The van der Waals surface area contributed by atoms with Crippen molar-refractivity contribution in [1.82, 2.24) is 10.2 Å². The van der Waals surface area contributed by atoms with E-state index >= 15 is 0 Å². The van der Waals surface area contributed by atoms with Gasteiger partial charge in [0.05, 0.1) is 6.04 Å². The first-order chi connectivity index (χ1) is 7.49. The summed E-state index contributed by atoms with van der Waals surface area (Å²) in [7, 11) is 0. The standard InChI is InChI=1S/C11H20N4O/c1-7(12)9-14-15-10(16-9)13-8-5-4-6-11(8,2)3/h7-8H,4-6,12H2,1-3H3,(H,13,15). The summed E-state index contributed by atoms with van der Waals surface area (Å²) in [6.07, 6.45) is 3.64. The third-order valence-corrected chi connectivity index (χ3v) is 3.39. The van der Waals surface area contributed by atoms with Gasteiger partial charge in [0, 0.05) is 6.04 Å². The molecule has 0 amide bonds. The summed E-state index contributed by atoms with van der Waals surface area (Å²) in [6, 6.07) is 0.695. The summed E-state index contributed by atoms with van der Waals surface area (Å²) in [5.41, 5.74) is 5.96. The predicted octanol–water partition coefficient (Wildman–Crippen LogP) is 2.08. The van der Waals surface area contributed by atoms with Gasteiger partial charge < -0.3 is 15.5 Å². The van der Waals surface area contributed by atoms with Gasteiger partial charge in [0.15, 0.2) is 0 Å². The topological polar surface area (TPSA) is 77.0 Å². The average Bonchev–Trinajstić information content (AvgIpc) is 2.75. The van der Waals surface area contributed by atoms with Gasteiger partial charge in [-0.25, -0.2) is 0 Å². The highest BCUT2D eigenvalue weighted by Gasteiger charge is 2.35. The molecule has 0 spiro atoms. The van der Waals surface area contributed by atoms with Crippen molar-refractivity contribution in [2.45, 2.75) is 52.1 Å². The zero-order chi connectivity index (χ0) is 11.8. The third-order valence-electron chi connectivity index (χ3n) is 3.39. The molecule has 5 nitrogen and oxygen atoms in total. The highest BCUT2D eigenvalue weighted by Crippen LogP contribution is 2.38. The maximum atomic E-state index is 5.66. The molecule has 0 bridgehead atoms. The number of rotatable bonds is 3. The molecule has 0 saturated heterocycles. The number of hydrogen-bond donors (Lipinski definition) is 2. The van der Waals surface area contributed by atoms with Gasteiger partial charge in [-0.15, -0.1) is 5.10 Å². The fourth-order valence-electron chi connectivity index (χ4n) is 2.22. The Bertz CT molecular complexity index is 359. The number of nitrogens with two attached hydrogens (primary N) is 1. The van der Waals surface area contributed by atoms with Crippen LogP contribution in [-0.4, -0.2) is 16.2 Å². The van der Waals surface area contributed by atoms with E-state index in [4.69, 9.17) is 10.2 Å². The Balaban J connectivity index is 2.03. The first kappa shape index (κ1) is 11.4. The number of nitrogens with one attached hydrogen (secondary N) is 1. The molecule has 1 aromatic rings. The molecule has 2 unspecified atom stereocenters. The second kappa shape index (κ2) is 4.05. The van der Waals surface area contributed by atoms with Gasteiger partial charge in [-0.1, -0.05) is 25.4 Å². The quantitative estimate of drug-likeness (QED) is 0.822. The highest BCUT2D eigenvalue weighted by molar-refractivity contribution is 5.22. The lowest BCUT2D eigenvalue weighted by molar-refractivity contribution is 0.342. The molecule has 2 rings (SSSR count). The van der Waals surface area contributed by atoms with E-state index in [2.05, 4.69) is 29.4 Å². The van der Waals surface area contributed by atoms with E-state index < -0.39 is 0 Å². The third kappa shape index (κ3) is 2.19. The molecule has 16 heavy (non-hydrogen) atoms. The Morgan fingerprint density at radius 2 is 2.25 bits per heavy atom. The Morgan fingerprint density at radius 3 is 2.75 bits per heavy atom. The van der Waals surface area contributed by atoms with Crippen LogP contribution in [0.15, 0.2) is 4.42 Å². The number of nitrogens with zero attached hydrogens (tertiary/aromatic N) is 2. The fraction of sp³-hybridized carbons (Fsp3) is 0.818. The molecule has 2 atom stereocenters. The van der Waals surface area contributed by atoms with Crippen LogP contribution in [-0.2, 0) is 0 Å². The molecular formula is C11H20N4O. The molecule has 90 valence electrons. The average molecular weight is 224 g/mol. The predicted molar refractivity (Wildman–Crippen MR) is 61.9 cm³/mol. The van der Waals surface area contributed by atoms with Gasteiger partial charge >= 0.3 is 6.01 Å². The smallest absolute Gasteiger partial charge is 0.315 e. The van der Waals surface area contributed by atoms with E-state index in [9.17, 15) is 0 Å². The summed E-state index contributed by atoms with van der Waals surface area (Å²) in [6.45, 7) is 6.36. The summed E-state index contributed by atoms with van der Waals surface area (Å²) >= 11 is 0. The Hall–Kier alpha value is -1.10. The molecule has 0 aromatic carbocycles. The van der Waals surface area contributed by atoms with Gasteiger partial charge in [-0.3, -0.25) is 0 Å². The van der Waals surface area contributed by atoms with Crippen LogP contribution in [0.2, 0.25) is 0 Å². The minimum Gasteiger partial charge on any atom is -0.406 e. The van der Waals surface area contributed by atoms with Crippen LogP contribution >= 0.6 is 0 Å². The molecule has 1 aliphatic rings. The van der Waals surface area contributed by atoms with Crippen LogP contribution in [0.3, 0.4) is 0 Å². The molecule has 5 heteroatoms. The minimum atomic E-state index is -0.209. The summed E-state index contributed by atoms with van der Waals surface area (Å²) in [5, 5.41) is 11.2. The van der Waals surface area contributed by atoms with Gasteiger partial charge in [-0.05, 0) is 25.2 Å². The van der Waals surface area contributed by atoms with Crippen molar-refractivity contribution in [3.63, 3.8) is 0 Å². The van der Waals surface area contributed by atoms with E-state index in [1.807, 2.05) is 6.92 Å². The Kier molecular flexibility index (Phi) is 2.88. The van der Waals surface area contributed by atoms with Crippen molar-refractivity contribution >= 4 is 6.01 Å². The van der Waals surface area contributed by atoms with Crippen molar-refractivity contribution in [2.75, 3.05) is 5.32 Å². The summed E-state index contributed by atoms with van der Waals surface area (Å²) < 4.78 is 5.44. The van der Waals surface area contributed by atoms with Crippen LogP contribution in [0.5, 0.6) is 0 Å². The van der Waals surface area contributed by atoms with Gasteiger partial charge in [0.1, 0.15) is 0 Å². The zero-order valence-corrected chi connectivity index (χ0v) is 10.2. The molecule has 1 saturated carbocycles. The monoisotopic (exact) mass is 224 g/mol. The number of aromatic nitrogens is 2. The molecule has 3 N–H and O–H groups in total. The molecule has 1 heterocycles. The van der Waals surface area contributed by atoms with Crippen LogP contribution in [0, 0.1) is 5.41 Å². The van der Waals surface area contributed by atoms with Crippen molar-refractivity contribution in [2.24, 2.45) is 11.1 Å². The first-order valence-corrected chi connectivity index (χ1v) is 5.84. The van der Waals surface area contributed by atoms with E-state index in [0.717, 1.165) is 6.42 Å². The van der Waals surface area contributed by atoms with Crippen LogP contribution < -0.4 is 11.1 Å². The van der Waals surface area contributed by atoms with Crippen molar-refractivity contribution in [1.29, 1.82) is 0 Å². The maximum Gasteiger partial charge on any atom is 0.315 e. The molecule has 1 fully saturated rings. The Morgan fingerprint density at radius 1 is 1.50 bits per heavy atom. The van der Waals surface area contributed by atoms with Crippen molar-refractivity contribution in [3.05, 3.63) is 5.89 Å². The maximum absolute atomic E-state index is 5.66. The number of anilines is 1. The van der Waals surface area contributed by atoms with E-state index in [0.29, 0.717) is 23.4 Å². The largest absolute Gasteiger partial charge is 0.406 e. The highest BCUT2D eigenvalue weighted by atomic mass is 16.4. The molecule has 1 aromatic heterocycles. The SMILES string of the molecule is CC(N)c1nnc(NC2CCCC2(C)C)o1. The summed E-state index contributed by atoms with van der Waals surface area (Å²) in [4.78, 5) is 0. The van der Waals surface area contributed by atoms with E-state index in [1.165, 1.54) is 12.8 Å². The van der Waals surface area contributed by atoms with Gasteiger partial charge in [0.2, 0.25) is 5.89 Å². The van der Waals surface area contributed by atoms with E-state index in [-0.39, 0.29) is 6.04 Å². The normalized spacial score (nSPS) is 25.6. The number of hydrogen-bond acceptors (Lipinski definition) is 5. The summed E-state index contributed by atoms with van der Waals surface area (Å²) in [5.74, 6) is 0.485. The molecule has 1 aliphatic carbocycles. The van der Waals surface area contributed by atoms with Crippen LogP contribution in [0.1, 0.15) is 52.0 Å². The lowest BCUT2D eigenvalue weighted by Gasteiger charge is -2.26. The minimum absolute atomic E-state index is 0.209. The van der Waals surface area contributed by atoms with Crippen LogP contribution in [0.25, 0.3) is 0 Å². The molecule has 0 radical (unpaired) electrons. The molecular weight excluding hydrogens is 204 g/mol. The van der Waals surface area contributed by atoms with Crippen molar-refractivity contribution < 1.29 is 4.42 Å². The van der Waals surface area contributed by atoms with Gasteiger partial charge in [0.25, 0.3) is 0 Å². The van der Waals surface area contributed by atoms with E-state index in [1.54, 1.807) is 0 Å². The fourth-order valence-corrected chi connectivity index (χ4v) is 2.22. The lowest BCUT2D eigenvalue weighted by atomic mass is 9.87. The Labute approximate surface area is 95.8 Å². The lowest BCUT2D eigenvalue weighted by Crippen LogP contribution is -2.30. The van der Waals surface area contributed by atoms with Crippen LogP contribution in [0.4, 0.5) is 6.01 Å². The zero-order valence-electron chi connectivity index (χ0n) is 10.2.